The number of pyridine rings is 2. The second-order valence-electron chi connectivity index (χ2n) is 4.08. The van der Waals surface area contributed by atoms with Gasteiger partial charge < -0.3 is 10.2 Å². The van der Waals surface area contributed by atoms with Gasteiger partial charge in [0.1, 0.15) is 5.75 Å². The fourth-order valence-electron chi connectivity index (χ4n) is 1.64. The molecule has 0 aliphatic rings. The number of aliphatic hydroxyl groups excluding tert-OH is 1. The first-order valence-electron chi connectivity index (χ1n) is 5.90. The van der Waals surface area contributed by atoms with Gasteiger partial charge in [-0.25, -0.2) is 0 Å². The SMILES string of the molecule is Cc1ncc(CO)c(C=NCc2ccccn2)c1O. The van der Waals surface area contributed by atoms with Gasteiger partial charge in [0, 0.05) is 29.7 Å². The Balaban J connectivity index is 2.21. The first kappa shape index (κ1) is 13.2. The van der Waals surface area contributed by atoms with E-state index in [1.165, 1.54) is 6.20 Å². The number of aliphatic imine (C=N–C) groups is 1. The minimum atomic E-state index is -0.189. The average molecular weight is 257 g/mol. The molecule has 0 unspecified atom stereocenters. The van der Waals surface area contributed by atoms with Crippen molar-refractivity contribution in [2.24, 2.45) is 4.99 Å². The van der Waals surface area contributed by atoms with Crippen LogP contribution < -0.4 is 0 Å². The molecule has 2 N–H and O–H groups in total. The topological polar surface area (TPSA) is 78.6 Å². The molecule has 0 spiro atoms. The molecule has 2 rings (SSSR count). The maximum Gasteiger partial charge on any atom is 0.145 e. The lowest BCUT2D eigenvalue weighted by Gasteiger charge is -2.06. The molecule has 19 heavy (non-hydrogen) atoms. The molecule has 2 aromatic rings. The number of aryl methyl sites for hydroxylation is 1. The predicted octanol–water partition coefficient (Wildman–Crippen LogP) is 1.60. The Morgan fingerprint density at radius 1 is 1.32 bits per heavy atom. The van der Waals surface area contributed by atoms with Gasteiger partial charge in [0.2, 0.25) is 0 Å². The van der Waals surface area contributed by atoms with Crippen molar-refractivity contribution in [3.8, 4) is 5.75 Å². The van der Waals surface area contributed by atoms with Crippen molar-refractivity contribution in [3.63, 3.8) is 0 Å². The Morgan fingerprint density at radius 2 is 2.16 bits per heavy atom. The summed E-state index contributed by atoms with van der Waals surface area (Å²) >= 11 is 0. The van der Waals surface area contributed by atoms with Crippen LogP contribution in [0.1, 0.15) is 22.5 Å². The Labute approximate surface area is 111 Å². The van der Waals surface area contributed by atoms with Crippen LogP contribution in [0.2, 0.25) is 0 Å². The van der Waals surface area contributed by atoms with E-state index in [0.29, 0.717) is 23.4 Å². The van der Waals surface area contributed by atoms with Crippen molar-refractivity contribution in [3.05, 3.63) is 53.1 Å². The van der Waals surface area contributed by atoms with Crippen LogP contribution in [-0.2, 0) is 13.2 Å². The summed E-state index contributed by atoms with van der Waals surface area (Å²) < 4.78 is 0. The van der Waals surface area contributed by atoms with Crippen LogP contribution in [0.25, 0.3) is 0 Å². The van der Waals surface area contributed by atoms with E-state index in [0.717, 1.165) is 5.69 Å². The summed E-state index contributed by atoms with van der Waals surface area (Å²) in [4.78, 5) is 12.4. The smallest absolute Gasteiger partial charge is 0.145 e. The number of rotatable bonds is 4. The molecule has 0 atom stereocenters. The normalized spacial score (nSPS) is 11.1. The molecule has 0 amide bonds. The number of nitrogens with zero attached hydrogens (tertiary/aromatic N) is 3. The number of aliphatic hydroxyl groups is 1. The van der Waals surface area contributed by atoms with Crippen molar-refractivity contribution in [1.82, 2.24) is 9.97 Å². The summed E-state index contributed by atoms with van der Waals surface area (Å²) in [5, 5.41) is 19.2. The fourth-order valence-corrected chi connectivity index (χ4v) is 1.64. The van der Waals surface area contributed by atoms with Gasteiger partial charge >= 0.3 is 0 Å². The number of aromatic nitrogens is 2. The van der Waals surface area contributed by atoms with E-state index in [4.69, 9.17) is 0 Å². The van der Waals surface area contributed by atoms with Crippen LogP contribution in [-0.4, -0.2) is 26.4 Å². The molecule has 2 aromatic heterocycles. The molecule has 0 aliphatic heterocycles. The maximum atomic E-state index is 9.93. The van der Waals surface area contributed by atoms with Gasteiger partial charge in [-0.15, -0.1) is 0 Å². The van der Waals surface area contributed by atoms with Crippen molar-refractivity contribution in [1.29, 1.82) is 0 Å². The highest BCUT2D eigenvalue weighted by Gasteiger charge is 2.08. The highest BCUT2D eigenvalue weighted by molar-refractivity contribution is 5.85. The first-order valence-corrected chi connectivity index (χ1v) is 5.90. The zero-order valence-electron chi connectivity index (χ0n) is 10.6. The van der Waals surface area contributed by atoms with Gasteiger partial charge in [-0.1, -0.05) is 6.07 Å². The minimum absolute atomic E-state index is 0.0521. The zero-order chi connectivity index (χ0) is 13.7. The Kier molecular flexibility index (Phi) is 4.20. The summed E-state index contributed by atoms with van der Waals surface area (Å²) in [5.74, 6) is 0.0521. The lowest BCUT2D eigenvalue weighted by Crippen LogP contribution is -1.98. The van der Waals surface area contributed by atoms with Gasteiger partial charge in [0.15, 0.2) is 0 Å². The Bertz CT molecular complexity index is 583. The average Bonchev–Trinajstić information content (AvgIpc) is 2.45. The van der Waals surface area contributed by atoms with Crippen LogP contribution in [0.4, 0.5) is 0 Å². The van der Waals surface area contributed by atoms with E-state index < -0.39 is 0 Å². The lowest BCUT2D eigenvalue weighted by molar-refractivity contribution is 0.280. The molecule has 0 radical (unpaired) electrons. The van der Waals surface area contributed by atoms with Gasteiger partial charge in [-0.2, -0.15) is 0 Å². The van der Waals surface area contributed by atoms with Crippen molar-refractivity contribution < 1.29 is 10.2 Å². The highest BCUT2D eigenvalue weighted by Crippen LogP contribution is 2.21. The lowest BCUT2D eigenvalue weighted by atomic mass is 10.1. The second-order valence-corrected chi connectivity index (χ2v) is 4.08. The van der Waals surface area contributed by atoms with Gasteiger partial charge in [0.25, 0.3) is 0 Å². The molecule has 2 heterocycles. The van der Waals surface area contributed by atoms with Crippen LogP contribution in [0.5, 0.6) is 5.75 Å². The molecule has 5 heteroatoms. The van der Waals surface area contributed by atoms with Gasteiger partial charge in [0.05, 0.1) is 24.5 Å². The molecule has 0 aromatic carbocycles. The molecule has 98 valence electrons. The third-order valence-corrected chi connectivity index (χ3v) is 2.73. The van der Waals surface area contributed by atoms with Gasteiger partial charge in [-0.05, 0) is 19.1 Å². The van der Waals surface area contributed by atoms with Crippen LogP contribution in [0.3, 0.4) is 0 Å². The summed E-state index contributed by atoms with van der Waals surface area (Å²) in [7, 11) is 0. The standard InChI is InChI=1S/C14H15N3O2/c1-10-14(19)13(11(9-18)6-17-10)8-15-7-12-4-2-3-5-16-12/h2-6,8,18-19H,7,9H2,1H3. The monoisotopic (exact) mass is 257 g/mol. The number of hydrogen-bond donors (Lipinski definition) is 2. The van der Waals surface area contributed by atoms with Crippen LogP contribution in [0.15, 0.2) is 35.6 Å². The predicted molar refractivity (Wildman–Crippen MR) is 72.1 cm³/mol. The van der Waals surface area contributed by atoms with E-state index in [-0.39, 0.29) is 12.4 Å². The molecule has 0 aliphatic carbocycles. The molecular weight excluding hydrogens is 242 g/mol. The molecule has 0 fully saturated rings. The molecule has 5 nitrogen and oxygen atoms in total. The van der Waals surface area contributed by atoms with E-state index in [1.807, 2.05) is 18.2 Å². The number of aromatic hydroxyl groups is 1. The third-order valence-electron chi connectivity index (χ3n) is 2.73. The second kappa shape index (κ2) is 6.06. The first-order chi connectivity index (χ1) is 9.22. The largest absolute Gasteiger partial charge is 0.505 e. The third kappa shape index (κ3) is 3.14. The highest BCUT2D eigenvalue weighted by atomic mass is 16.3. The molecule has 0 saturated heterocycles. The fraction of sp³-hybridized carbons (Fsp3) is 0.214. The maximum absolute atomic E-state index is 9.93. The summed E-state index contributed by atoms with van der Waals surface area (Å²) in [6.45, 7) is 1.94. The minimum Gasteiger partial charge on any atom is -0.505 e. The zero-order valence-corrected chi connectivity index (χ0v) is 10.6. The quantitative estimate of drug-likeness (QED) is 0.815. The Hall–Kier alpha value is -2.27. The molecule has 0 saturated carbocycles. The van der Waals surface area contributed by atoms with Crippen LogP contribution >= 0.6 is 0 Å². The molecule has 0 bridgehead atoms. The van der Waals surface area contributed by atoms with Crippen LogP contribution in [0, 0.1) is 6.92 Å². The van der Waals surface area contributed by atoms with E-state index in [1.54, 1.807) is 19.3 Å². The summed E-state index contributed by atoms with van der Waals surface area (Å²) in [6, 6.07) is 5.61. The summed E-state index contributed by atoms with van der Waals surface area (Å²) in [6.07, 6.45) is 4.79. The summed E-state index contributed by atoms with van der Waals surface area (Å²) in [5.41, 5.74) is 2.41. The van der Waals surface area contributed by atoms with Crippen molar-refractivity contribution in [2.75, 3.05) is 0 Å². The van der Waals surface area contributed by atoms with Crippen molar-refractivity contribution >= 4 is 6.21 Å². The van der Waals surface area contributed by atoms with Gasteiger partial charge in [-0.3, -0.25) is 15.0 Å². The number of hydrogen-bond acceptors (Lipinski definition) is 5. The van der Waals surface area contributed by atoms with Crippen molar-refractivity contribution in [2.45, 2.75) is 20.1 Å². The van der Waals surface area contributed by atoms with E-state index in [9.17, 15) is 10.2 Å². The van der Waals surface area contributed by atoms with E-state index >= 15 is 0 Å². The van der Waals surface area contributed by atoms with E-state index in [2.05, 4.69) is 15.0 Å². The Morgan fingerprint density at radius 3 is 2.84 bits per heavy atom. The molecular formula is C14H15N3O2.